The summed E-state index contributed by atoms with van der Waals surface area (Å²) in [6, 6.07) is 11.2. The van der Waals surface area contributed by atoms with Crippen LogP contribution in [0, 0.1) is 0 Å². The van der Waals surface area contributed by atoms with E-state index in [1.807, 2.05) is 17.0 Å². The van der Waals surface area contributed by atoms with Crippen molar-refractivity contribution in [2.24, 2.45) is 0 Å². The Balaban J connectivity index is 1.21. The number of hydrogen-bond donors (Lipinski definition) is 0. The maximum atomic E-state index is 12.7. The lowest BCUT2D eigenvalue weighted by molar-refractivity contribution is -0.132. The Labute approximate surface area is 194 Å². The van der Waals surface area contributed by atoms with Gasteiger partial charge in [-0.1, -0.05) is 18.2 Å². The molecule has 0 unspecified atom stereocenters. The maximum absolute atomic E-state index is 12.7. The molecular formula is C23H31N3O4S2. The van der Waals surface area contributed by atoms with Gasteiger partial charge >= 0.3 is 0 Å². The highest BCUT2D eigenvalue weighted by molar-refractivity contribution is 7.89. The summed E-state index contributed by atoms with van der Waals surface area (Å²) in [5, 5.41) is 2.11. The van der Waals surface area contributed by atoms with Gasteiger partial charge < -0.3 is 9.64 Å². The normalized spacial score (nSPS) is 18.7. The van der Waals surface area contributed by atoms with Crippen molar-refractivity contribution in [1.82, 2.24) is 14.1 Å². The predicted molar refractivity (Wildman–Crippen MR) is 125 cm³/mol. The van der Waals surface area contributed by atoms with Gasteiger partial charge in [-0.25, -0.2) is 8.42 Å². The van der Waals surface area contributed by atoms with Crippen LogP contribution in [0.25, 0.3) is 0 Å². The third kappa shape index (κ3) is 5.96. The lowest BCUT2D eigenvalue weighted by Crippen LogP contribution is -2.49. The smallest absolute Gasteiger partial charge is 0.243 e. The van der Waals surface area contributed by atoms with Crippen molar-refractivity contribution in [3.05, 3.63) is 52.2 Å². The zero-order valence-electron chi connectivity index (χ0n) is 18.3. The fraction of sp³-hybridized carbons (Fsp3) is 0.522. The van der Waals surface area contributed by atoms with Crippen molar-refractivity contribution in [3.8, 4) is 0 Å². The second-order valence-electron chi connectivity index (χ2n) is 8.21. The Morgan fingerprint density at radius 2 is 1.66 bits per heavy atom. The lowest BCUT2D eigenvalue weighted by atomic mass is 10.1. The Bertz CT molecular complexity index is 963. The topological polar surface area (TPSA) is 70.2 Å². The van der Waals surface area contributed by atoms with Gasteiger partial charge in [0.05, 0.1) is 18.1 Å². The second-order valence-corrected chi connectivity index (χ2v) is 11.2. The zero-order valence-corrected chi connectivity index (χ0v) is 20.0. The maximum Gasteiger partial charge on any atom is 0.243 e. The lowest BCUT2D eigenvalue weighted by Gasteiger charge is -2.34. The minimum Gasteiger partial charge on any atom is -0.379 e. The highest BCUT2D eigenvalue weighted by Crippen LogP contribution is 2.19. The number of carbonyl (C=O) groups is 1. The molecule has 1 aromatic heterocycles. The number of amides is 1. The number of ether oxygens (including phenoxy) is 1. The van der Waals surface area contributed by atoms with Crippen LogP contribution in [0.1, 0.15) is 16.9 Å². The molecule has 32 heavy (non-hydrogen) atoms. The Morgan fingerprint density at radius 3 is 2.31 bits per heavy atom. The number of aryl methyl sites for hydroxylation is 1. The van der Waals surface area contributed by atoms with Crippen LogP contribution >= 0.6 is 11.3 Å². The zero-order chi connectivity index (χ0) is 22.4. The molecular weight excluding hydrogens is 446 g/mol. The molecule has 0 aliphatic carbocycles. The first kappa shape index (κ1) is 23.4. The van der Waals surface area contributed by atoms with E-state index in [4.69, 9.17) is 4.74 Å². The quantitative estimate of drug-likeness (QED) is 0.582. The molecule has 1 aromatic carbocycles. The van der Waals surface area contributed by atoms with E-state index >= 15 is 0 Å². The largest absolute Gasteiger partial charge is 0.379 e. The third-order valence-corrected chi connectivity index (χ3v) is 8.99. The van der Waals surface area contributed by atoms with Gasteiger partial charge in [0.15, 0.2) is 0 Å². The highest BCUT2D eigenvalue weighted by Gasteiger charge is 2.26. The predicted octanol–water partition coefficient (Wildman–Crippen LogP) is 2.09. The van der Waals surface area contributed by atoms with Gasteiger partial charge in [0.1, 0.15) is 0 Å². The number of thiophene rings is 1. The van der Waals surface area contributed by atoms with Crippen LogP contribution in [0.3, 0.4) is 0 Å². The molecule has 4 rings (SSSR count). The molecule has 2 aliphatic rings. The van der Waals surface area contributed by atoms with Crippen LogP contribution < -0.4 is 0 Å². The molecule has 2 saturated heterocycles. The minimum absolute atomic E-state index is 0.174. The molecule has 174 valence electrons. The molecule has 1 amide bonds. The van der Waals surface area contributed by atoms with Crippen LogP contribution in [0.4, 0.5) is 0 Å². The number of carbonyl (C=O) groups excluding carboxylic acids is 1. The molecule has 0 N–H and O–H groups in total. The average molecular weight is 478 g/mol. The fourth-order valence-electron chi connectivity index (χ4n) is 4.12. The summed E-state index contributed by atoms with van der Waals surface area (Å²) >= 11 is 1.80. The van der Waals surface area contributed by atoms with Crippen molar-refractivity contribution >= 4 is 27.3 Å². The van der Waals surface area contributed by atoms with Gasteiger partial charge in [-0.3, -0.25) is 9.69 Å². The molecule has 2 fully saturated rings. The van der Waals surface area contributed by atoms with Gasteiger partial charge in [0.25, 0.3) is 0 Å². The molecule has 7 nitrogen and oxygen atoms in total. The van der Waals surface area contributed by atoms with Gasteiger partial charge in [-0.2, -0.15) is 4.31 Å². The molecule has 0 spiro atoms. The molecule has 3 heterocycles. The van der Waals surface area contributed by atoms with Crippen molar-refractivity contribution < 1.29 is 17.9 Å². The number of morpholine rings is 1. The molecule has 0 bridgehead atoms. The van der Waals surface area contributed by atoms with E-state index in [0.717, 1.165) is 44.7 Å². The molecule has 2 aromatic rings. The van der Waals surface area contributed by atoms with Gasteiger partial charge in [-0.15, -0.1) is 11.3 Å². The van der Waals surface area contributed by atoms with Crippen molar-refractivity contribution in [2.75, 3.05) is 59.0 Å². The monoisotopic (exact) mass is 477 g/mol. The van der Waals surface area contributed by atoms with Crippen LogP contribution in [0.5, 0.6) is 0 Å². The number of piperazine rings is 1. The number of rotatable bonds is 8. The molecule has 9 heteroatoms. The Morgan fingerprint density at radius 1 is 0.938 bits per heavy atom. The van der Waals surface area contributed by atoms with Crippen molar-refractivity contribution in [2.45, 2.75) is 24.2 Å². The van der Waals surface area contributed by atoms with Crippen molar-refractivity contribution in [3.63, 3.8) is 0 Å². The summed E-state index contributed by atoms with van der Waals surface area (Å²) in [5.74, 6) is 0.174. The molecule has 2 aliphatic heterocycles. The summed E-state index contributed by atoms with van der Waals surface area (Å²) in [7, 11) is -3.48. The van der Waals surface area contributed by atoms with E-state index in [2.05, 4.69) is 22.4 Å². The first-order valence-corrected chi connectivity index (χ1v) is 13.5. The minimum atomic E-state index is -3.48. The summed E-state index contributed by atoms with van der Waals surface area (Å²) in [6.45, 7) is 6.09. The summed E-state index contributed by atoms with van der Waals surface area (Å²) in [6.07, 6.45) is 2.14. The summed E-state index contributed by atoms with van der Waals surface area (Å²) in [4.78, 5) is 18.7. The Hall–Kier alpha value is -1.78. The van der Waals surface area contributed by atoms with Crippen LogP contribution in [-0.2, 0) is 32.4 Å². The summed E-state index contributed by atoms with van der Waals surface area (Å²) < 4.78 is 32.1. The van der Waals surface area contributed by atoms with E-state index in [0.29, 0.717) is 44.0 Å². The second kappa shape index (κ2) is 10.9. The molecule has 0 radical (unpaired) electrons. The number of hydrogen-bond acceptors (Lipinski definition) is 6. The van der Waals surface area contributed by atoms with Crippen LogP contribution in [0.2, 0.25) is 0 Å². The Kier molecular flexibility index (Phi) is 7.96. The van der Waals surface area contributed by atoms with Crippen molar-refractivity contribution in [1.29, 1.82) is 0 Å². The summed E-state index contributed by atoms with van der Waals surface area (Å²) in [5.41, 5.74) is 0.980. The first-order valence-electron chi connectivity index (χ1n) is 11.2. The van der Waals surface area contributed by atoms with E-state index < -0.39 is 10.0 Å². The number of sulfonamides is 1. The molecule has 0 atom stereocenters. The highest BCUT2D eigenvalue weighted by atomic mass is 32.2. The number of benzene rings is 1. The van der Waals surface area contributed by atoms with E-state index in [-0.39, 0.29) is 5.91 Å². The SMILES string of the molecule is O=C(CCc1ccc(S(=O)(=O)N2CCOCC2)cc1)N1CCN(CCc2cccs2)CC1. The average Bonchev–Trinajstić information content (AvgIpc) is 3.36. The standard InChI is InChI=1S/C23H31N3O4S2/c27-23(25-13-11-24(12-14-25)10-9-21-2-1-19-31-21)8-5-20-3-6-22(7-4-20)32(28,29)26-15-17-30-18-16-26/h1-4,6-7,19H,5,8-18H2. The fourth-order valence-corrected chi connectivity index (χ4v) is 6.22. The number of nitrogens with zero attached hydrogens (tertiary/aromatic N) is 3. The third-order valence-electron chi connectivity index (χ3n) is 6.14. The van der Waals surface area contributed by atoms with E-state index in [9.17, 15) is 13.2 Å². The first-order chi connectivity index (χ1) is 15.5. The molecule has 0 saturated carbocycles. The van der Waals surface area contributed by atoms with Gasteiger partial charge in [0, 0.05) is 57.1 Å². The van der Waals surface area contributed by atoms with E-state index in [1.165, 1.54) is 9.18 Å². The van der Waals surface area contributed by atoms with E-state index in [1.54, 1.807) is 23.5 Å². The van der Waals surface area contributed by atoms with Gasteiger partial charge in [0.2, 0.25) is 15.9 Å². The van der Waals surface area contributed by atoms with Gasteiger partial charge in [-0.05, 0) is 42.0 Å². The van der Waals surface area contributed by atoms with Crippen LogP contribution in [0.15, 0.2) is 46.7 Å². The van der Waals surface area contributed by atoms with Crippen LogP contribution in [-0.4, -0.2) is 87.5 Å².